The van der Waals surface area contributed by atoms with E-state index >= 15 is 0 Å². The van der Waals surface area contributed by atoms with Gasteiger partial charge in [-0.1, -0.05) is 94.1 Å². The van der Waals surface area contributed by atoms with Gasteiger partial charge in [0.15, 0.2) is 5.78 Å². The number of likely N-dealkylation sites (tertiary alicyclic amines) is 1. The predicted octanol–water partition coefficient (Wildman–Crippen LogP) is 8.38. The van der Waals surface area contributed by atoms with Crippen LogP contribution >= 0.6 is 0 Å². The molecule has 1 aliphatic heterocycles. The van der Waals surface area contributed by atoms with Crippen molar-refractivity contribution in [2.75, 3.05) is 26.3 Å². The van der Waals surface area contributed by atoms with Crippen molar-refractivity contribution in [3.05, 3.63) is 107 Å². The van der Waals surface area contributed by atoms with E-state index in [0.717, 1.165) is 66.4 Å². The summed E-state index contributed by atoms with van der Waals surface area (Å²) < 4.78 is 11.7. The van der Waals surface area contributed by atoms with Crippen molar-refractivity contribution in [2.45, 2.75) is 58.9 Å². The quantitative estimate of drug-likeness (QED) is 0.153. The third-order valence-electron chi connectivity index (χ3n) is 7.10. The normalized spacial score (nSPS) is 16.0. The van der Waals surface area contributed by atoms with Crippen molar-refractivity contribution in [1.29, 1.82) is 0 Å². The van der Waals surface area contributed by atoms with Crippen LogP contribution < -0.4 is 9.47 Å². The van der Waals surface area contributed by atoms with Crippen molar-refractivity contribution in [2.24, 2.45) is 0 Å². The molecule has 3 aromatic rings. The average Bonchev–Trinajstić information content (AvgIpc) is 2.98. The van der Waals surface area contributed by atoms with Gasteiger partial charge < -0.3 is 9.47 Å². The number of nitrogens with zero attached hydrogens (tertiary/aromatic N) is 1. The van der Waals surface area contributed by atoms with Gasteiger partial charge in [-0.05, 0) is 65.9 Å². The summed E-state index contributed by atoms with van der Waals surface area (Å²) in [7, 11) is 0. The molecule has 0 aromatic heterocycles. The van der Waals surface area contributed by atoms with Gasteiger partial charge in [0.2, 0.25) is 0 Å². The van der Waals surface area contributed by atoms with Crippen LogP contribution in [0.25, 0.3) is 12.2 Å². The van der Waals surface area contributed by atoms with E-state index in [1.165, 1.54) is 31.2 Å². The van der Waals surface area contributed by atoms with Crippen molar-refractivity contribution in [1.82, 2.24) is 4.90 Å². The van der Waals surface area contributed by atoms with Crippen molar-refractivity contribution < 1.29 is 14.3 Å². The fraction of sp³-hybridized carbons (Fsp3) is 0.361. The number of piperidine rings is 1. The standard InChI is InChI=1S/C36H43NO3/c1-3-5-10-22-39-34-18-14-29(15-19-34)24-32-27-37(26-31-12-8-7-9-13-31)28-33(36(32)38)25-30-16-20-35(21-17-30)40-23-11-6-4-2/h7-9,12-21,24-25H,3-6,10-11,22-23,26-28H2,1-2H3/b32-24-,33-25+. The monoisotopic (exact) mass is 537 g/mol. The highest BCUT2D eigenvalue weighted by Gasteiger charge is 2.26. The lowest BCUT2D eigenvalue weighted by Gasteiger charge is -2.30. The van der Waals surface area contributed by atoms with Gasteiger partial charge in [-0.3, -0.25) is 9.69 Å². The van der Waals surface area contributed by atoms with E-state index in [0.29, 0.717) is 13.1 Å². The van der Waals surface area contributed by atoms with E-state index in [2.05, 4.69) is 43.0 Å². The second-order valence-electron chi connectivity index (χ2n) is 10.5. The summed E-state index contributed by atoms with van der Waals surface area (Å²) in [6.45, 7) is 7.88. The molecule has 4 heteroatoms. The molecule has 3 aromatic carbocycles. The Balaban J connectivity index is 1.50. The maximum Gasteiger partial charge on any atom is 0.187 e. The molecule has 4 nitrogen and oxygen atoms in total. The number of ether oxygens (including phenoxy) is 2. The molecule has 0 spiro atoms. The Labute approximate surface area is 240 Å². The summed E-state index contributed by atoms with van der Waals surface area (Å²) in [5.41, 5.74) is 4.87. The molecule has 0 unspecified atom stereocenters. The van der Waals surface area contributed by atoms with Crippen LogP contribution in [0, 0.1) is 0 Å². The molecule has 210 valence electrons. The van der Waals surface area contributed by atoms with Crippen LogP contribution in [0.2, 0.25) is 0 Å². The topological polar surface area (TPSA) is 38.8 Å². The van der Waals surface area contributed by atoms with Crippen LogP contribution in [0.5, 0.6) is 11.5 Å². The number of unbranched alkanes of at least 4 members (excludes halogenated alkanes) is 4. The minimum atomic E-state index is 0.115. The molecule has 0 radical (unpaired) electrons. The lowest BCUT2D eigenvalue weighted by atomic mass is 9.94. The summed E-state index contributed by atoms with van der Waals surface area (Å²) in [5, 5.41) is 0. The van der Waals surface area contributed by atoms with Gasteiger partial charge in [0.05, 0.1) is 13.2 Å². The first-order chi connectivity index (χ1) is 19.6. The Morgan fingerprint density at radius 1 is 0.650 bits per heavy atom. The molecule has 1 heterocycles. The molecule has 0 amide bonds. The van der Waals surface area contributed by atoms with Crippen LogP contribution in [0.3, 0.4) is 0 Å². The number of carbonyl (C=O) groups is 1. The molecule has 1 aliphatic rings. The van der Waals surface area contributed by atoms with Crippen LogP contribution in [0.15, 0.2) is 90.0 Å². The first-order valence-electron chi connectivity index (χ1n) is 14.8. The number of benzene rings is 3. The van der Waals surface area contributed by atoms with Gasteiger partial charge >= 0.3 is 0 Å². The molecule has 1 saturated heterocycles. The highest BCUT2D eigenvalue weighted by molar-refractivity contribution is 6.14. The lowest BCUT2D eigenvalue weighted by Crippen LogP contribution is -2.37. The van der Waals surface area contributed by atoms with Crippen molar-refractivity contribution >= 4 is 17.9 Å². The third-order valence-corrected chi connectivity index (χ3v) is 7.10. The molecule has 0 aliphatic carbocycles. The Kier molecular flexibility index (Phi) is 11.6. The first-order valence-corrected chi connectivity index (χ1v) is 14.8. The molecule has 1 fully saturated rings. The number of ketones is 1. The maximum absolute atomic E-state index is 13.7. The minimum Gasteiger partial charge on any atom is -0.494 e. The molecule has 0 N–H and O–H groups in total. The summed E-state index contributed by atoms with van der Waals surface area (Å²) in [5.74, 6) is 1.86. The SMILES string of the molecule is CCCCCOc1ccc(/C=C2/CN(Cc3ccccc3)C/C(=C\c3ccc(OCCCCC)cc3)C2=O)cc1. The largest absolute Gasteiger partial charge is 0.494 e. The molecule has 0 saturated carbocycles. The molecular formula is C36H43NO3. The number of hydrogen-bond donors (Lipinski definition) is 0. The van der Waals surface area contributed by atoms with E-state index in [9.17, 15) is 4.79 Å². The number of hydrogen-bond acceptors (Lipinski definition) is 4. The Morgan fingerprint density at radius 2 is 1.12 bits per heavy atom. The van der Waals surface area contributed by atoms with Crippen LogP contribution in [-0.2, 0) is 11.3 Å². The number of rotatable bonds is 14. The van der Waals surface area contributed by atoms with E-state index in [4.69, 9.17) is 9.47 Å². The molecule has 0 bridgehead atoms. The van der Waals surface area contributed by atoms with Crippen LogP contribution in [0.1, 0.15) is 69.1 Å². The molecular weight excluding hydrogens is 494 g/mol. The van der Waals surface area contributed by atoms with Gasteiger partial charge in [0.1, 0.15) is 11.5 Å². The molecule has 0 atom stereocenters. The first kappa shape index (κ1) is 29.4. The predicted molar refractivity (Wildman–Crippen MR) is 166 cm³/mol. The molecule has 4 rings (SSSR count). The third kappa shape index (κ3) is 9.24. The van der Waals surface area contributed by atoms with Gasteiger partial charge in [-0.15, -0.1) is 0 Å². The van der Waals surface area contributed by atoms with E-state index in [1.807, 2.05) is 66.7 Å². The summed E-state index contributed by atoms with van der Waals surface area (Å²) >= 11 is 0. The lowest BCUT2D eigenvalue weighted by molar-refractivity contribution is -0.113. The number of carbonyl (C=O) groups excluding carboxylic acids is 1. The smallest absolute Gasteiger partial charge is 0.187 e. The highest BCUT2D eigenvalue weighted by Crippen LogP contribution is 2.25. The zero-order valence-corrected chi connectivity index (χ0v) is 24.1. The average molecular weight is 538 g/mol. The van der Waals surface area contributed by atoms with Crippen LogP contribution in [-0.4, -0.2) is 37.0 Å². The fourth-order valence-corrected chi connectivity index (χ4v) is 4.87. The second kappa shape index (κ2) is 15.8. The Bertz CT molecular complexity index is 1170. The van der Waals surface area contributed by atoms with Gasteiger partial charge in [0.25, 0.3) is 0 Å². The maximum atomic E-state index is 13.7. The Morgan fingerprint density at radius 3 is 1.57 bits per heavy atom. The van der Waals surface area contributed by atoms with Crippen molar-refractivity contribution in [3.8, 4) is 11.5 Å². The van der Waals surface area contributed by atoms with E-state index in [-0.39, 0.29) is 5.78 Å². The minimum absolute atomic E-state index is 0.115. The highest BCUT2D eigenvalue weighted by atomic mass is 16.5. The zero-order chi connectivity index (χ0) is 28.0. The van der Waals surface area contributed by atoms with Crippen LogP contribution in [0.4, 0.5) is 0 Å². The van der Waals surface area contributed by atoms with Crippen molar-refractivity contribution in [3.63, 3.8) is 0 Å². The summed E-state index contributed by atoms with van der Waals surface area (Å²) in [6, 6.07) is 26.6. The summed E-state index contributed by atoms with van der Waals surface area (Å²) in [6.07, 6.45) is 10.9. The van der Waals surface area contributed by atoms with E-state index in [1.54, 1.807) is 0 Å². The fourth-order valence-electron chi connectivity index (χ4n) is 4.87. The summed E-state index contributed by atoms with van der Waals surface area (Å²) in [4.78, 5) is 16.0. The zero-order valence-electron chi connectivity index (χ0n) is 24.1. The van der Waals surface area contributed by atoms with E-state index < -0.39 is 0 Å². The van der Waals surface area contributed by atoms with Gasteiger partial charge in [-0.2, -0.15) is 0 Å². The Hall–Kier alpha value is -3.63. The molecule has 40 heavy (non-hydrogen) atoms. The van der Waals surface area contributed by atoms with Gasteiger partial charge in [-0.25, -0.2) is 0 Å². The second-order valence-corrected chi connectivity index (χ2v) is 10.5. The van der Waals surface area contributed by atoms with Gasteiger partial charge in [0, 0.05) is 30.8 Å². The number of Topliss-reactive ketones (excluding diaryl/α,β-unsaturated/α-hetero) is 1.